The predicted molar refractivity (Wildman–Crippen MR) is 82.3 cm³/mol. The number of carbonyl (C=O) groups is 1. The molecule has 1 aromatic rings. The minimum Gasteiger partial charge on any atom is -0.478 e. The molecule has 1 atom stereocenters. The van der Waals surface area contributed by atoms with Gasteiger partial charge in [0.25, 0.3) is 0 Å². The summed E-state index contributed by atoms with van der Waals surface area (Å²) >= 11 is 0. The summed E-state index contributed by atoms with van der Waals surface area (Å²) in [6.07, 6.45) is 1.59. The van der Waals surface area contributed by atoms with Gasteiger partial charge < -0.3 is 10.4 Å². The van der Waals surface area contributed by atoms with Gasteiger partial charge in [-0.2, -0.15) is 0 Å². The van der Waals surface area contributed by atoms with Crippen molar-refractivity contribution >= 4 is 21.7 Å². The molecule has 1 rings (SSSR count). The molecular weight excluding hydrogens is 292 g/mol. The summed E-state index contributed by atoms with van der Waals surface area (Å²) in [5.74, 6) is -1.16. The molecule has 6 nitrogen and oxygen atoms in total. The fraction of sp³-hybridized carbons (Fsp3) is 0.500. The van der Waals surface area contributed by atoms with Crippen LogP contribution in [0.3, 0.4) is 0 Å². The molecule has 0 radical (unpaired) electrons. The Bertz CT molecular complexity index is 599. The van der Waals surface area contributed by atoms with Crippen LogP contribution in [-0.2, 0) is 10.0 Å². The maximum absolute atomic E-state index is 12.2. The molecule has 7 heteroatoms. The van der Waals surface area contributed by atoms with E-state index in [4.69, 9.17) is 0 Å². The Morgan fingerprint density at radius 2 is 2.00 bits per heavy atom. The average Bonchev–Trinajstić information content (AvgIpc) is 2.38. The molecule has 0 aliphatic heterocycles. The second kappa shape index (κ2) is 7.42. The van der Waals surface area contributed by atoms with Crippen LogP contribution >= 0.6 is 0 Å². The Hall–Kier alpha value is -1.60. The first-order chi connectivity index (χ1) is 9.81. The average molecular weight is 314 g/mol. The SMILES string of the molecule is CCC[C@H](C)NS(=O)(=O)c1ccc(NCC)c(C(=O)O)c1. The van der Waals surface area contributed by atoms with E-state index in [9.17, 15) is 18.3 Å². The summed E-state index contributed by atoms with van der Waals surface area (Å²) in [7, 11) is -3.71. The van der Waals surface area contributed by atoms with Crippen LogP contribution in [-0.4, -0.2) is 32.1 Å². The van der Waals surface area contributed by atoms with Crippen molar-refractivity contribution in [3.63, 3.8) is 0 Å². The number of benzene rings is 1. The molecule has 0 aromatic heterocycles. The lowest BCUT2D eigenvalue weighted by Gasteiger charge is -2.15. The van der Waals surface area contributed by atoms with Crippen LogP contribution in [0.15, 0.2) is 23.1 Å². The zero-order valence-corrected chi connectivity index (χ0v) is 13.3. The third-order valence-corrected chi connectivity index (χ3v) is 4.56. The summed E-state index contributed by atoms with van der Waals surface area (Å²) in [5.41, 5.74) is 0.355. The van der Waals surface area contributed by atoms with E-state index < -0.39 is 16.0 Å². The molecule has 0 aliphatic carbocycles. The van der Waals surface area contributed by atoms with E-state index in [1.165, 1.54) is 18.2 Å². The minimum atomic E-state index is -3.71. The molecule has 0 unspecified atom stereocenters. The molecule has 0 heterocycles. The second-order valence-electron chi connectivity index (χ2n) is 4.85. The molecule has 0 amide bonds. The normalized spacial score (nSPS) is 12.9. The van der Waals surface area contributed by atoms with Crippen molar-refractivity contribution < 1.29 is 18.3 Å². The summed E-state index contributed by atoms with van der Waals surface area (Å²) in [6.45, 7) is 6.15. The number of sulfonamides is 1. The lowest BCUT2D eigenvalue weighted by molar-refractivity contribution is 0.0697. The highest BCUT2D eigenvalue weighted by atomic mass is 32.2. The molecule has 118 valence electrons. The molecule has 3 N–H and O–H groups in total. The lowest BCUT2D eigenvalue weighted by atomic mass is 10.2. The summed E-state index contributed by atoms with van der Waals surface area (Å²) in [5, 5.41) is 12.1. The van der Waals surface area contributed by atoms with Gasteiger partial charge in [0, 0.05) is 18.3 Å². The third-order valence-electron chi connectivity index (χ3n) is 2.98. The van der Waals surface area contributed by atoms with Gasteiger partial charge in [0.1, 0.15) is 0 Å². The zero-order chi connectivity index (χ0) is 16.0. The van der Waals surface area contributed by atoms with E-state index in [0.717, 1.165) is 12.8 Å². The fourth-order valence-corrected chi connectivity index (χ4v) is 3.34. The number of hydrogen-bond acceptors (Lipinski definition) is 4. The van der Waals surface area contributed by atoms with Crippen LogP contribution in [0.5, 0.6) is 0 Å². The Balaban J connectivity index is 3.13. The van der Waals surface area contributed by atoms with Gasteiger partial charge in [-0.05, 0) is 38.5 Å². The number of hydrogen-bond donors (Lipinski definition) is 3. The molecule has 0 bridgehead atoms. The van der Waals surface area contributed by atoms with E-state index in [1.807, 2.05) is 13.8 Å². The second-order valence-corrected chi connectivity index (χ2v) is 6.57. The smallest absolute Gasteiger partial charge is 0.337 e. The number of rotatable bonds is 8. The van der Waals surface area contributed by atoms with Gasteiger partial charge >= 0.3 is 5.97 Å². The van der Waals surface area contributed by atoms with Gasteiger partial charge in [-0.1, -0.05) is 13.3 Å². The van der Waals surface area contributed by atoms with Gasteiger partial charge in [0.15, 0.2) is 0 Å². The molecule has 0 aliphatic rings. The van der Waals surface area contributed by atoms with Crippen LogP contribution in [0.4, 0.5) is 5.69 Å². The first-order valence-corrected chi connectivity index (χ1v) is 8.43. The highest BCUT2D eigenvalue weighted by Gasteiger charge is 2.20. The Labute approximate surface area is 125 Å². The quantitative estimate of drug-likeness (QED) is 0.684. The van der Waals surface area contributed by atoms with Crippen molar-refractivity contribution in [3.8, 4) is 0 Å². The van der Waals surface area contributed by atoms with Crippen LogP contribution in [0, 0.1) is 0 Å². The van der Waals surface area contributed by atoms with Crippen LogP contribution in [0.25, 0.3) is 0 Å². The van der Waals surface area contributed by atoms with Gasteiger partial charge in [0.2, 0.25) is 10.0 Å². The predicted octanol–water partition coefficient (Wildman–Crippen LogP) is 2.28. The van der Waals surface area contributed by atoms with Gasteiger partial charge in [-0.15, -0.1) is 0 Å². The molecular formula is C14H22N2O4S. The zero-order valence-electron chi connectivity index (χ0n) is 12.5. The summed E-state index contributed by atoms with van der Waals surface area (Å²) in [6, 6.07) is 3.88. The molecule has 0 saturated heterocycles. The molecule has 0 saturated carbocycles. The Morgan fingerprint density at radius 1 is 1.33 bits per heavy atom. The van der Waals surface area contributed by atoms with Gasteiger partial charge in [-0.25, -0.2) is 17.9 Å². The largest absolute Gasteiger partial charge is 0.478 e. The number of nitrogens with one attached hydrogen (secondary N) is 2. The first kappa shape index (κ1) is 17.5. The van der Waals surface area contributed by atoms with Crippen LogP contribution in [0.1, 0.15) is 44.0 Å². The molecule has 21 heavy (non-hydrogen) atoms. The summed E-state index contributed by atoms with van der Waals surface area (Å²) in [4.78, 5) is 11.2. The Morgan fingerprint density at radius 3 is 2.52 bits per heavy atom. The Kier molecular flexibility index (Phi) is 6.17. The number of aromatic carboxylic acids is 1. The van der Waals surface area contributed by atoms with Crippen molar-refractivity contribution in [1.29, 1.82) is 0 Å². The van der Waals surface area contributed by atoms with Crippen molar-refractivity contribution in [2.45, 2.75) is 44.6 Å². The highest BCUT2D eigenvalue weighted by molar-refractivity contribution is 7.89. The highest BCUT2D eigenvalue weighted by Crippen LogP contribution is 2.21. The van der Waals surface area contributed by atoms with Crippen molar-refractivity contribution in [2.24, 2.45) is 0 Å². The van der Waals surface area contributed by atoms with E-state index in [2.05, 4.69) is 10.0 Å². The van der Waals surface area contributed by atoms with Crippen molar-refractivity contribution in [3.05, 3.63) is 23.8 Å². The van der Waals surface area contributed by atoms with Gasteiger partial charge in [-0.3, -0.25) is 0 Å². The number of anilines is 1. The van der Waals surface area contributed by atoms with Crippen LogP contribution < -0.4 is 10.0 Å². The van der Waals surface area contributed by atoms with Crippen molar-refractivity contribution in [1.82, 2.24) is 4.72 Å². The standard InChI is InChI=1S/C14H22N2O4S/c1-4-6-10(3)16-21(19,20)11-7-8-13(15-5-2)12(9-11)14(17)18/h7-10,15-16H,4-6H2,1-3H3,(H,17,18)/t10-/m0/s1. The maximum atomic E-state index is 12.2. The van der Waals surface area contributed by atoms with E-state index in [-0.39, 0.29) is 16.5 Å². The molecule has 0 spiro atoms. The topological polar surface area (TPSA) is 95.5 Å². The number of carboxylic acids is 1. The number of carboxylic acid groups (broad SMARTS) is 1. The monoisotopic (exact) mass is 314 g/mol. The maximum Gasteiger partial charge on any atom is 0.337 e. The lowest BCUT2D eigenvalue weighted by Crippen LogP contribution is -2.32. The van der Waals surface area contributed by atoms with Crippen LogP contribution in [0.2, 0.25) is 0 Å². The van der Waals surface area contributed by atoms with E-state index in [0.29, 0.717) is 12.2 Å². The summed E-state index contributed by atoms with van der Waals surface area (Å²) < 4.78 is 27.0. The molecule has 1 aromatic carbocycles. The third kappa shape index (κ3) is 4.71. The van der Waals surface area contributed by atoms with Crippen molar-refractivity contribution in [2.75, 3.05) is 11.9 Å². The minimum absolute atomic E-state index is 0.0375. The van der Waals surface area contributed by atoms with E-state index in [1.54, 1.807) is 6.92 Å². The van der Waals surface area contributed by atoms with E-state index >= 15 is 0 Å². The molecule has 0 fully saturated rings. The fourth-order valence-electron chi connectivity index (χ4n) is 2.04. The first-order valence-electron chi connectivity index (χ1n) is 6.95. The van der Waals surface area contributed by atoms with Gasteiger partial charge in [0.05, 0.1) is 10.5 Å².